The van der Waals surface area contributed by atoms with Gasteiger partial charge in [0.15, 0.2) is 0 Å². The van der Waals surface area contributed by atoms with Crippen molar-refractivity contribution in [2.24, 2.45) is 0 Å². The number of rotatable bonds is 3. The average molecular weight is 260 g/mol. The SMILES string of the molecule is C[Si](C)(c1ccccc1)C(O)c1ccc(F)cc1. The smallest absolute Gasteiger partial charge is 0.123 e. The Balaban J connectivity index is 2.32. The van der Waals surface area contributed by atoms with Crippen molar-refractivity contribution in [3.05, 3.63) is 66.0 Å². The molecule has 1 unspecified atom stereocenters. The number of hydrogen-bond donors (Lipinski definition) is 1. The zero-order chi connectivity index (χ0) is 13.2. The van der Waals surface area contributed by atoms with E-state index in [0.29, 0.717) is 0 Å². The summed E-state index contributed by atoms with van der Waals surface area (Å²) in [5.41, 5.74) is 0.261. The van der Waals surface area contributed by atoms with E-state index in [9.17, 15) is 9.50 Å². The molecule has 0 radical (unpaired) electrons. The third-order valence-corrected chi connectivity index (χ3v) is 6.91. The number of hydrogen-bond acceptors (Lipinski definition) is 1. The molecule has 3 heteroatoms. The Hall–Kier alpha value is -1.45. The van der Waals surface area contributed by atoms with Crippen LogP contribution < -0.4 is 5.19 Å². The Morgan fingerprint density at radius 1 is 0.944 bits per heavy atom. The predicted molar refractivity (Wildman–Crippen MR) is 74.9 cm³/mol. The van der Waals surface area contributed by atoms with E-state index in [1.807, 2.05) is 18.2 Å². The molecule has 18 heavy (non-hydrogen) atoms. The molecular formula is C15H17FOSi. The fourth-order valence-corrected chi connectivity index (χ4v) is 4.48. The summed E-state index contributed by atoms with van der Waals surface area (Å²) in [6, 6.07) is 16.2. The number of aliphatic hydroxyl groups excluding tert-OH is 1. The van der Waals surface area contributed by atoms with Crippen LogP contribution in [0.3, 0.4) is 0 Å². The Labute approximate surface area is 108 Å². The van der Waals surface area contributed by atoms with E-state index in [1.54, 1.807) is 12.1 Å². The highest BCUT2D eigenvalue weighted by atomic mass is 28.3. The summed E-state index contributed by atoms with van der Waals surface area (Å²) in [5, 5.41) is 11.7. The first-order chi connectivity index (χ1) is 8.51. The van der Waals surface area contributed by atoms with Gasteiger partial charge in [-0.15, -0.1) is 0 Å². The molecule has 0 aliphatic carbocycles. The molecule has 0 aliphatic heterocycles. The Morgan fingerprint density at radius 3 is 2.06 bits per heavy atom. The Morgan fingerprint density at radius 2 is 1.50 bits per heavy atom. The highest BCUT2D eigenvalue weighted by molar-refractivity contribution is 6.90. The van der Waals surface area contributed by atoms with E-state index in [-0.39, 0.29) is 5.82 Å². The minimum atomic E-state index is -2.01. The lowest BCUT2D eigenvalue weighted by molar-refractivity contribution is 0.251. The third-order valence-electron chi connectivity index (χ3n) is 3.39. The molecule has 0 saturated carbocycles. The lowest BCUT2D eigenvalue weighted by Crippen LogP contribution is -2.47. The predicted octanol–water partition coefficient (Wildman–Crippen LogP) is 3.01. The lowest BCUT2D eigenvalue weighted by Gasteiger charge is -2.29. The van der Waals surface area contributed by atoms with Crippen molar-refractivity contribution >= 4 is 13.3 Å². The van der Waals surface area contributed by atoms with Gasteiger partial charge in [0.05, 0.1) is 5.73 Å². The molecule has 0 amide bonds. The summed E-state index contributed by atoms with van der Waals surface area (Å²) in [6.07, 6.45) is 0. The fourth-order valence-electron chi connectivity index (χ4n) is 2.09. The summed E-state index contributed by atoms with van der Waals surface area (Å²) in [6.45, 7) is 4.24. The lowest BCUT2D eigenvalue weighted by atomic mass is 10.2. The second-order valence-electron chi connectivity index (χ2n) is 5.04. The first-order valence-corrected chi connectivity index (χ1v) is 9.08. The maximum absolute atomic E-state index is 12.9. The van der Waals surface area contributed by atoms with Gasteiger partial charge >= 0.3 is 0 Å². The molecule has 0 aromatic heterocycles. The van der Waals surface area contributed by atoms with Crippen LogP contribution in [-0.2, 0) is 0 Å². The van der Waals surface area contributed by atoms with Crippen LogP contribution in [0.4, 0.5) is 4.39 Å². The minimum absolute atomic E-state index is 0.273. The summed E-state index contributed by atoms with van der Waals surface area (Å²) < 4.78 is 12.9. The van der Waals surface area contributed by atoms with E-state index in [4.69, 9.17) is 0 Å². The van der Waals surface area contributed by atoms with Gasteiger partial charge in [-0.25, -0.2) is 4.39 Å². The molecule has 2 rings (SSSR count). The second kappa shape index (κ2) is 5.04. The first kappa shape index (κ1) is 13.0. The molecule has 0 aliphatic rings. The van der Waals surface area contributed by atoms with Gasteiger partial charge in [-0.05, 0) is 17.7 Å². The normalized spacial score (nSPS) is 13.3. The van der Waals surface area contributed by atoms with E-state index < -0.39 is 13.8 Å². The maximum atomic E-state index is 12.9. The van der Waals surface area contributed by atoms with E-state index in [1.165, 1.54) is 17.3 Å². The second-order valence-corrected chi connectivity index (χ2v) is 9.61. The van der Waals surface area contributed by atoms with Gasteiger partial charge in [0.1, 0.15) is 13.9 Å². The Kier molecular flexibility index (Phi) is 3.64. The van der Waals surface area contributed by atoms with Gasteiger partial charge in [0.2, 0.25) is 0 Å². The van der Waals surface area contributed by atoms with Crippen LogP contribution >= 0.6 is 0 Å². The van der Waals surface area contributed by atoms with Crippen LogP contribution in [0, 0.1) is 5.82 Å². The number of aliphatic hydroxyl groups is 1. The molecule has 1 N–H and O–H groups in total. The van der Waals surface area contributed by atoms with Crippen LogP contribution in [0.15, 0.2) is 54.6 Å². The van der Waals surface area contributed by atoms with Crippen LogP contribution in [0.5, 0.6) is 0 Å². The van der Waals surface area contributed by atoms with Gasteiger partial charge in [0.25, 0.3) is 0 Å². The molecule has 0 fully saturated rings. The fraction of sp³-hybridized carbons (Fsp3) is 0.200. The minimum Gasteiger partial charge on any atom is -0.392 e. The molecule has 2 aromatic rings. The number of halogens is 1. The van der Waals surface area contributed by atoms with Gasteiger partial charge in [-0.1, -0.05) is 60.7 Å². The van der Waals surface area contributed by atoms with Crippen molar-refractivity contribution < 1.29 is 9.50 Å². The largest absolute Gasteiger partial charge is 0.392 e. The molecular weight excluding hydrogens is 243 g/mol. The topological polar surface area (TPSA) is 20.2 Å². The third kappa shape index (κ3) is 2.52. The highest BCUT2D eigenvalue weighted by Gasteiger charge is 2.33. The van der Waals surface area contributed by atoms with Crippen LogP contribution in [0.1, 0.15) is 11.3 Å². The quantitative estimate of drug-likeness (QED) is 0.841. The van der Waals surface area contributed by atoms with Crippen LogP contribution in [0.25, 0.3) is 0 Å². The van der Waals surface area contributed by atoms with Gasteiger partial charge < -0.3 is 5.11 Å². The molecule has 0 saturated heterocycles. The molecule has 2 aromatic carbocycles. The van der Waals surface area contributed by atoms with Crippen molar-refractivity contribution in [1.82, 2.24) is 0 Å². The molecule has 1 atom stereocenters. The average Bonchev–Trinajstić information content (AvgIpc) is 2.40. The van der Waals surface area contributed by atoms with Crippen LogP contribution in [0.2, 0.25) is 13.1 Å². The zero-order valence-electron chi connectivity index (χ0n) is 10.6. The monoisotopic (exact) mass is 260 g/mol. The standard InChI is InChI=1S/C15H17FOSi/c1-18(2,14-6-4-3-5-7-14)15(17)12-8-10-13(16)11-9-12/h3-11,15,17H,1-2H3. The van der Waals surface area contributed by atoms with Crippen molar-refractivity contribution in [2.75, 3.05) is 0 Å². The highest BCUT2D eigenvalue weighted by Crippen LogP contribution is 2.24. The van der Waals surface area contributed by atoms with E-state index in [0.717, 1.165) is 5.56 Å². The van der Waals surface area contributed by atoms with Crippen LogP contribution in [-0.4, -0.2) is 13.2 Å². The Bertz CT molecular complexity index is 508. The molecule has 0 heterocycles. The molecule has 94 valence electrons. The zero-order valence-corrected chi connectivity index (χ0v) is 11.6. The first-order valence-electron chi connectivity index (χ1n) is 6.01. The summed E-state index contributed by atoms with van der Waals surface area (Å²) in [4.78, 5) is 0. The summed E-state index contributed by atoms with van der Waals surface area (Å²) in [7, 11) is -2.01. The summed E-state index contributed by atoms with van der Waals surface area (Å²) >= 11 is 0. The maximum Gasteiger partial charge on any atom is 0.123 e. The molecule has 0 spiro atoms. The van der Waals surface area contributed by atoms with Crippen molar-refractivity contribution in [1.29, 1.82) is 0 Å². The van der Waals surface area contributed by atoms with Gasteiger partial charge in [-0.3, -0.25) is 0 Å². The van der Waals surface area contributed by atoms with E-state index >= 15 is 0 Å². The summed E-state index contributed by atoms with van der Waals surface area (Å²) in [5.74, 6) is -0.273. The molecule has 1 nitrogen and oxygen atoms in total. The van der Waals surface area contributed by atoms with Gasteiger partial charge in [0, 0.05) is 0 Å². The van der Waals surface area contributed by atoms with E-state index in [2.05, 4.69) is 25.2 Å². The van der Waals surface area contributed by atoms with Crippen molar-refractivity contribution in [3.63, 3.8) is 0 Å². The van der Waals surface area contributed by atoms with Gasteiger partial charge in [-0.2, -0.15) is 0 Å². The van der Waals surface area contributed by atoms with Crippen molar-refractivity contribution in [3.8, 4) is 0 Å². The van der Waals surface area contributed by atoms with Crippen molar-refractivity contribution in [2.45, 2.75) is 18.8 Å². The molecule has 0 bridgehead atoms. The number of benzene rings is 2.